The molecule has 3 aromatic carbocycles. The van der Waals surface area contributed by atoms with Crippen LogP contribution in [0, 0.1) is 0 Å². The first kappa shape index (κ1) is 24.1. The molecule has 0 spiro atoms. The number of anilines is 1. The Morgan fingerprint density at radius 2 is 1.81 bits per heavy atom. The number of nitrogens with one attached hydrogen (secondary N) is 1. The molecule has 1 saturated heterocycles. The molecule has 0 unspecified atom stereocenters. The molecule has 1 fully saturated rings. The molecule has 1 aliphatic heterocycles. The number of hydrogen-bond donors (Lipinski definition) is 1. The fourth-order valence-electron chi connectivity index (χ4n) is 5.30. The Hall–Kier alpha value is -3.64. The van der Waals surface area contributed by atoms with E-state index in [-0.39, 0.29) is 5.91 Å². The van der Waals surface area contributed by atoms with Crippen molar-refractivity contribution in [3.05, 3.63) is 78.4 Å². The summed E-state index contributed by atoms with van der Waals surface area (Å²) in [6.45, 7) is 5.75. The first-order valence-corrected chi connectivity index (χ1v) is 12.8. The molecule has 0 bridgehead atoms. The molecule has 6 nitrogen and oxygen atoms in total. The number of hydrogen-bond acceptors (Lipinski definition) is 4. The van der Waals surface area contributed by atoms with E-state index in [1.807, 2.05) is 30.3 Å². The number of imidazole rings is 1. The highest BCUT2D eigenvalue weighted by Gasteiger charge is 2.21. The summed E-state index contributed by atoms with van der Waals surface area (Å²) in [5, 5.41) is 2.91. The van der Waals surface area contributed by atoms with Crippen LogP contribution >= 0.6 is 0 Å². The zero-order valence-corrected chi connectivity index (χ0v) is 21.1. The summed E-state index contributed by atoms with van der Waals surface area (Å²) < 4.78 is 7.80. The third-order valence-corrected chi connectivity index (χ3v) is 7.10. The van der Waals surface area contributed by atoms with Crippen LogP contribution in [-0.2, 0) is 11.3 Å². The Labute approximate surface area is 212 Å². The summed E-state index contributed by atoms with van der Waals surface area (Å²) >= 11 is 0. The van der Waals surface area contributed by atoms with Gasteiger partial charge < -0.3 is 19.5 Å². The molecule has 36 heavy (non-hydrogen) atoms. The molecule has 1 aliphatic rings. The average molecular weight is 483 g/mol. The van der Waals surface area contributed by atoms with Gasteiger partial charge in [-0.3, -0.25) is 4.79 Å². The maximum atomic E-state index is 11.4. The summed E-state index contributed by atoms with van der Waals surface area (Å²) in [5.74, 6) is 2.36. The number of piperidine rings is 1. The summed E-state index contributed by atoms with van der Waals surface area (Å²) in [6.07, 6.45) is 3.36. The molecule has 186 valence electrons. The van der Waals surface area contributed by atoms with Crippen LogP contribution in [0.15, 0.2) is 72.8 Å². The Balaban J connectivity index is 1.22. The van der Waals surface area contributed by atoms with Crippen molar-refractivity contribution in [2.24, 2.45) is 0 Å². The molecule has 2 heterocycles. The third kappa shape index (κ3) is 5.44. The molecule has 0 radical (unpaired) electrons. The van der Waals surface area contributed by atoms with Gasteiger partial charge in [0, 0.05) is 24.7 Å². The van der Waals surface area contributed by atoms with E-state index in [9.17, 15) is 4.79 Å². The Morgan fingerprint density at radius 1 is 1.00 bits per heavy atom. The van der Waals surface area contributed by atoms with Gasteiger partial charge in [0.25, 0.3) is 0 Å². The number of benzene rings is 3. The van der Waals surface area contributed by atoms with Crippen LogP contribution in [0.4, 0.5) is 5.69 Å². The van der Waals surface area contributed by atoms with Crippen molar-refractivity contribution in [3.63, 3.8) is 0 Å². The summed E-state index contributed by atoms with van der Waals surface area (Å²) in [6, 6.07) is 24.9. The van der Waals surface area contributed by atoms with E-state index in [1.54, 1.807) is 14.0 Å². The van der Waals surface area contributed by atoms with Gasteiger partial charge in [0.05, 0.1) is 18.1 Å². The summed E-state index contributed by atoms with van der Waals surface area (Å²) in [5.41, 5.74) is 5.49. The standard InChI is InChI=1S/C30H34N4O2/c1-22(35)31-26-10-5-8-24(20-26)23-14-18-33(19-15-23)16-7-17-34-29-13-4-3-12-28(29)32-30(34)25-9-6-11-27(21-25)36-2/h3-6,8-13,20-21,23H,7,14-19H2,1-2H3,(H,31,35). The molecule has 0 saturated carbocycles. The number of carbonyl (C=O) groups is 1. The lowest BCUT2D eigenvalue weighted by Crippen LogP contribution is -2.34. The van der Waals surface area contributed by atoms with Crippen molar-refractivity contribution in [2.75, 3.05) is 32.1 Å². The molecule has 0 aliphatic carbocycles. The van der Waals surface area contributed by atoms with E-state index in [0.29, 0.717) is 5.92 Å². The third-order valence-electron chi connectivity index (χ3n) is 7.10. The lowest BCUT2D eigenvalue weighted by Gasteiger charge is -2.32. The van der Waals surface area contributed by atoms with Crippen LogP contribution in [0.1, 0.15) is 37.7 Å². The number of aromatic nitrogens is 2. The molecule has 0 atom stereocenters. The normalized spacial score (nSPS) is 14.7. The molecular formula is C30H34N4O2. The minimum absolute atomic E-state index is 0.0257. The van der Waals surface area contributed by atoms with Crippen molar-refractivity contribution < 1.29 is 9.53 Å². The number of fused-ring (bicyclic) bond motifs is 1. The molecular weight excluding hydrogens is 448 g/mol. The molecule has 5 rings (SSSR count). The van der Waals surface area contributed by atoms with Crippen molar-refractivity contribution in [1.29, 1.82) is 0 Å². The number of likely N-dealkylation sites (tertiary alicyclic amines) is 1. The highest BCUT2D eigenvalue weighted by Crippen LogP contribution is 2.30. The fraction of sp³-hybridized carbons (Fsp3) is 0.333. The maximum Gasteiger partial charge on any atom is 0.221 e. The number of carbonyl (C=O) groups excluding carboxylic acids is 1. The predicted octanol–water partition coefficient (Wildman–Crippen LogP) is 5.94. The lowest BCUT2D eigenvalue weighted by atomic mass is 9.89. The van der Waals surface area contributed by atoms with E-state index in [1.165, 1.54) is 11.1 Å². The van der Waals surface area contributed by atoms with Crippen LogP contribution in [0.5, 0.6) is 5.75 Å². The van der Waals surface area contributed by atoms with E-state index in [2.05, 4.69) is 57.2 Å². The predicted molar refractivity (Wildman–Crippen MR) is 145 cm³/mol. The van der Waals surface area contributed by atoms with Crippen LogP contribution in [0.3, 0.4) is 0 Å². The number of rotatable bonds is 8. The monoisotopic (exact) mass is 482 g/mol. The topological polar surface area (TPSA) is 59.4 Å². The van der Waals surface area contributed by atoms with E-state index in [4.69, 9.17) is 9.72 Å². The van der Waals surface area contributed by atoms with Crippen LogP contribution in [0.2, 0.25) is 0 Å². The number of aryl methyl sites for hydroxylation is 1. The molecule has 6 heteroatoms. The number of methoxy groups -OCH3 is 1. The zero-order valence-electron chi connectivity index (χ0n) is 21.1. The van der Waals surface area contributed by atoms with Crippen LogP contribution < -0.4 is 10.1 Å². The minimum atomic E-state index is -0.0257. The molecule has 1 amide bonds. The number of ether oxygens (including phenoxy) is 1. The van der Waals surface area contributed by atoms with E-state index >= 15 is 0 Å². The van der Waals surface area contributed by atoms with Gasteiger partial charge >= 0.3 is 0 Å². The Bertz CT molecular complexity index is 1340. The highest BCUT2D eigenvalue weighted by molar-refractivity contribution is 5.88. The van der Waals surface area contributed by atoms with E-state index < -0.39 is 0 Å². The van der Waals surface area contributed by atoms with Gasteiger partial charge in [-0.2, -0.15) is 0 Å². The van der Waals surface area contributed by atoms with Gasteiger partial charge in [-0.25, -0.2) is 4.98 Å². The number of amides is 1. The van der Waals surface area contributed by atoms with Gasteiger partial charge in [-0.15, -0.1) is 0 Å². The minimum Gasteiger partial charge on any atom is -0.497 e. The second-order valence-electron chi connectivity index (χ2n) is 9.58. The molecule has 4 aromatic rings. The van der Waals surface area contributed by atoms with Gasteiger partial charge in [0.15, 0.2) is 0 Å². The van der Waals surface area contributed by atoms with Crippen LogP contribution in [0.25, 0.3) is 22.4 Å². The Morgan fingerprint density at radius 3 is 2.61 bits per heavy atom. The Kier molecular flexibility index (Phi) is 7.33. The fourth-order valence-corrected chi connectivity index (χ4v) is 5.30. The first-order chi connectivity index (χ1) is 17.6. The maximum absolute atomic E-state index is 11.4. The van der Waals surface area contributed by atoms with Gasteiger partial charge in [-0.1, -0.05) is 36.4 Å². The quantitative estimate of drug-likeness (QED) is 0.338. The highest BCUT2D eigenvalue weighted by atomic mass is 16.5. The van der Waals surface area contributed by atoms with Gasteiger partial charge in [0.2, 0.25) is 5.91 Å². The van der Waals surface area contributed by atoms with Gasteiger partial charge in [-0.05, 0) is 86.8 Å². The largest absolute Gasteiger partial charge is 0.497 e. The zero-order chi connectivity index (χ0) is 24.9. The van der Waals surface area contributed by atoms with Gasteiger partial charge in [0.1, 0.15) is 11.6 Å². The smallest absolute Gasteiger partial charge is 0.221 e. The molecule has 1 N–H and O–H groups in total. The second kappa shape index (κ2) is 11.0. The van der Waals surface area contributed by atoms with Crippen molar-refractivity contribution in [1.82, 2.24) is 14.5 Å². The summed E-state index contributed by atoms with van der Waals surface area (Å²) in [7, 11) is 1.70. The van der Waals surface area contributed by atoms with Crippen molar-refractivity contribution >= 4 is 22.6 Å². The van der Waals surface area contributed by atoms with Crippen molar-refractivity contribution in [3.8, 4) is 17.1 Å². The average Bonchev–Trinajstić information content (AvgIpc) is 3.27. The van der Waals surface area contributed by atoms with Crippen molar-refractivity contribution in [2.45, 2.75) is 38.6 Å². The number of para-hydroxylation sites is 2. The second-order valence-corrected chi connectivity index (χ2v) is 9.58. The SMILES string of the molecule is COc1cccc(-c2nc3ccccc3n2CCCN2CCC(c3cccc(NC(C)=O)c3)CC2)c1. The lowest BCUT2D eigenvalue weighted by molar-refractivity contribution is -0.114. The first-order valence-electron chi connectivity index (χ1n) is 12.8. The summed E-state index contributed by atoms with van der Waals surface area (Å²) in [4.78, 5) is 18.9. The molecule has 1 aromatic heterocycles. The van der Waals surface area contributed by atoms with E-state index in [0.717, 1.165) is 73.8 Å². The van der Waals surface area contributed by atoms with Crippen LogP contribution in [-0.4, -0.2) is 47.1 Å². The number of nitrogens with zero attached hydrogens (tertiary/aromatic N) is 3.